The highest BCUT2D eigenvalue weighted by molar-refractivity contribution is 5.33. The first kappa shape index (κ1) is 11.4. The number of nitrogens with zero attached hydrogens (tertiary/aromatic N) is 3. The summed E-state index contributed by atoms with van der Waals surface area (Å²) in [6.07, 6.45) is 3.75. The fourth-order valence-corrected chi connectivity index (χ4v) is 2.19. The van der Waals surface area contributed by atoms with Crippen molar-refractivity contribution in [3.05, 3.63) is 48.3 Å². The van der Waals surface area contributed by atoms with Crippen molar-refractivity contribution in [2.75, 3.05) is 26.3 Å². The second-order valence-electron chi connectivity index (χ2n) is 4.51. The van der Waals surface area contributed by atoms with Crippen LogP contribution in [0, 0.1) is 0 Å². The van der Waals surface area contributed by atoms with Crippen LogP contribution >= 0.6 is 0 Å². The van der Waals surface area contributed by atoms with Gasteiger partial charge >= 0.3 is 0 Å². The Hall–Kier alpha value is -1.65. The maximum Gasteiger partial charge on any atom is 0.0645 e. The Balaban J connectivity index is 1.67. The quantitative estimate of drug-likeness (QED) is 0.822. The number of morpholine rings is 1. The monoisotopic (exact) mass is 243 g/mol. The van der Waals surface area contributed by atoms with E-state index in [0.29, 0.717) is 0 Å². The van der Waals surface area contributed by atoms with E-state index in [0.717, 1.165) is 38.5 Å². The Morgan fingerprint density at radius 1 is 1.11 bits per heavy atom. The van der Waals surface area contributed by atoms with Crippen molar-refractivity contribution in [3.8, 4) is 5.69 Å². The van der Waals surface area contributed by atoms with E-state index >= 15 is 0 Å². The molecule has 2 heterocycles. The van der Waals surface area contributed by atoms with Gasteiger partial charge in [0.25, 0.3) is 0 Å². The number of rotatable bonds is 3. The number of hydrogen-bond acceptors (Lipinski definition) is 3. The molecule has 1 aromatic heterocycles. The minimum absolute atomic E-state index is 0.853. The molecule has 0 atom stereocenters. The Morgan fingerprint density at radius 2 is 1.89 bits per heavy atom. The molecule has 0 amide bonds. The fourth-order valence-electron chi connectivity index (χ4n) is 2.19. The van der Waals surface area contributed by atoms with E-state index in [1.807, 2.05) is 16.9 Å². The van der Waals surface area contributed by atoms with E-state index in [4.69, 9.17) is 4.74 Å². The topological polar surface area (TPSA) is 30.3 Å². The molecule has 1 aliphatic heterocycles. The van der Waals surface area contributed by atoms with Crippen molar-refractivity contribution in [2.45, 2.75) is 6.54 Å². The van der Waals surface area contributed by atoms with Gasteiger partial charge in [0.05, 0.1) is 18.9 Å². The first-order valence-electron chi connectivity index (χ1n) is 6.31. The van der Waals surface area contributed by atoms with Gasteiger partial charge in [0.15, 0.2) is 0 Å². The second-order valence-corrected chi connectivity index (χ2v) is 4.51. The first-order chi connectivity index (χ1) is 8.92. The van der Waals surface area contributed by atoms with Crippen LogP contribution in [-0.4, -0.2) is 41.0 Å². The summed E-state index contributed by atoms with van der Waals surface area (Å²) in [5.74, 6) is 0. The maximum atomic E-state index is 5.35. The third kappa shape index (κ3) is 2.60. The highest BCUT2D eigenvalue weighted by Gasteiger charge is 2.10. The van der Waals surface area contributed by atoms with E-state index in [1.54, 1.807) is 6.20 Å². The molecule has 1 saturated heterocycles. The summed E-state index contributed by atoms with van der Waals surface area (Å²) < 4.78 is 7.23. The van der Waals surface area contributed by atoms with Crippen LogP contribution in [0.25, 0.3) is 5.69 Å². The van der Waals surface area contributed by atoms with Crippen molar-refractivity contribution in [2.24, 2.45) is 0 Å². The molecule has 0 aliphatic carbocycles. The third-order valence-electron chi connectivity index (χ3n) is 3.22. The molecule has 0 N–H and O–H groups in total. The summed E-state index contributed by atoms with van der Waals surface area (Å²) in [6, 6.07) is 10.5. The summed E-state index contributed by atoms with van der Waals surface area (Å²) in [4.78, 5) is 2.42. The molecule has 0 saturated carbocycles. The average molecular weight is 243 g/mol. The normalized spacial score (nSPS) is 16.9. The van der Waals surface area contributed by atoms with Crippen LogP contribution in [0.3, 0.4) is 0 Å². The Morgan fingerprint density at radius 3 is 2.56 bits per heavy atom. The molecule has 18 heavy (non-hydrogen) atoms. The van der Waals surface area contributed by atoms with Crippen LogP contribution < -0.4 is 0 Å². The maximum absolute atomic E-state index is 5.35. The number of ether oxygens (including phenoxy) is 1. The lowest BCUT2D eigenvalue weighted by Crippen LogP contribution is -2.35. The largest absolute Gasteiger partial charge is 0.379 e. The van der Waals surface area contributed by atoms with Crippen LogP contribution in [-0.2, 0) is 11.3 Å². The summed E-state index contributed by atoms with van der Waals surface area (Å²) in [5.41, 5.74) is 2.44. The van der Waals surface area contributed by atoms with Crippen molar-refractivity contribution in [1.29, 1.82) is 0 Å². The van der Waals surface area contributed by atoms with Crippen molar-refractivity contribution < 1.29 is 4.74 Å². The molecule has 1 aromatic carbocycles. The van der Waals surface area contributed by atoms with Gasteiger partial charge in [0, 0.05) is 32.0 Å². The van der Waals surface area contributed by atoms with Crippen LogP contribution in [0.15, 0.2) is 42.7 Å². The fraction of sp³-hybridized carbons (Fsp3) is 0.357. The molecule has 3 rings (SSSR count). The van der Waals surface area contributed by atoms with E-state index in [1.165, 1.54) is 5.56 Å². The standard InChI is InChI=1S/C14H17N3O/c1-6-15-17(7-1)14-4-2-13(3-5-14)12-16-8-10-18-11-9-16/h1-7H,8-12H2. The molecular formula is C14H17N3O. The van der Waals surface area contributed by atoms with Crippen LogP contribution in [0.4, 0.5) is 0 Å². The zero-order valence-electron chi connectivity index (χ0n) is 10.3. The average Bonchev–Trinajstić information content (AvgIpc) is 2.95. The smallest absolute Gasteiger partial charge is 0.0645 e. The number of benzene rings is 1. The van der Waals surface area contributed by atoms with Gasteiger partial charge in [-0.25, -0.2) is 4.68 Å². The predicted octanol–water partition coefficient (Wildman–Crippen LogP) is 1.70. The molecule has 0 unspecified atom stereocenters. The van der Waals surface area contributed by atoms with Gasteiger partial charge in [-0.1, -0.05) is 12.1 Å². The summed E-state index contributed by atoms with van der Waals surface area (Å²) in [7, 11) is 0. The third-order valence-corrected chi connectivity index (χ3v) is 3.22. The van der Waals surface area contributed by atoms with Gasteiger partial charge in [0.1, 0.15) is 0 Å². The molecule has 1 fully saturated rings. The molecule has 0 bridgehead atoms. The van der Waals surface area contributed by atoms with Gasteiger partial charge in [-0.15, -0.1) is 0 Å². The lowest BCUT2D eigenvalue weighted by Gasteiger charge is -2.26. The SMILES string of the molecule is c1cnn(-c2ccc(CN3CCOCC3)cc2)c1. The molecular weight excluding hydrogens is 226 g/mol. The molecule has 0 spiro atoms. The van der Waals surface area contributed by atoms with Gasteiger partial charge in [0.2, 0.25) is 0 Å². The molecule has 2 aromatic rings. The minimum atomic E-state index is 0.853. The summed E-state index contributed by atoms with van der Waals surface area (Å²) in [6.45, 7) is 4.77. The van der Waals surface area contributed by atoms with Gasteiger partial charge in [-0.3, -0.25) is 4.90 Å². The van der Waals surface area contributed by atoms with Gasteiger partial charge < -0.3 is 4.74 Å². The summed E-state index contributed by atoms with van der Waals surface area (Å²) >= 11 is 0. The van der Waals surface area contributed by atoms with Crippen LogP contribution in [0.5, 0.6) is 0 Å². The minimum Gasteiger partial charge on any atom is -0.379 e. The molecule has 4 heteroatoms. The van der Waals surface area contributed by atoms with Crippen molar-refractivity contribution in [3.63, 3.8) is 0 Å². The van der Waals surface area contributed by atoms with Crippen LogP contribution in [0.2, 0.25) is 0 Å². The first-order valence-corrected chi connectivity index (χ1v) is 6.31. The highest BCUT2D eigenvalue weighted by Crippen LogP contribution is 2.11. The number of aromatic nitrogens is 2. The van der Waals surface area contributed by atoms with Crippen LogP contribution in [0.1, 0.15) is 5.56 Å². The van der Waals surface area contributed by atoms with Gasteiger partial charge in [-0.05, 0) is 23.8 Å². The molecule has 94 valence electrons. The van der Waals surface area contributed by atoms with Gasteiger partial charge in [-0.2, -0.15) is 5.10 Å². The van der Waals surface area contributed by atoms with E-state index in [-0.39, 0.29) is 0 Å². The predicted molar refractivity (Wildman–Crippen MR) is 69.7 cm³/mol. The second kappa shape index (κ2) is 5.33. The molecule has 4 nitrogen and oxygen atoms in total. The zero-order chi connectivity index (χ0) is 12.2. The highest BCUT2D eigenvalue weighted by atomic mass is 16.5. The van der Waals surface area contributed by atoms with E-state index < -0.39 is 0 Å². The zero-order valence-corrected chi connectivity index (χ0v) is 10.3. The Bertz CT molecular complexity index is 472. The van der Waals surface area contributed by atoms with Crippen molar-refractivity contribution in [1.82, 2.24) is 14.7 Å². The summed E-state index contributed by atoms with van der Waals surface area (Å²) in [5, 5.41) is 4.22. The van der Waals surface area contributed by atoms with E-state index in [2.05, 4.69) is 34.3 Å². The molecule has 0 radical (unpaired) electrons. The van der Waals surface area contributed by atoms with E-state index in [9.17, 15) is 0 Å². The Labute approximate surface area is 107 Å². The molecule has 1 aliphatic rings. The lowest BCUT2D eigenvalue weighted by molar-refractivity contribution is 0.0342. The number of hydrogen-bond donors (Lipinski definition) is 0. The Kier molecular flexibility index (Phi) is 3.39. The lowest BCUT2D eigenvalue weighted by atomic mass is 10.2. The van der Waals surface area contributed by atoms with Crippen molar-refractivity contribution >= 4 is 0 Å².